The standard InChI is InChI=1S/C30H23N7OS2/c1-18-23(28(38)37(34-18)21-15-9-4-10-16-21)22-17-40-30-32-25(19-11-5-2-6-12-19)24-26(31)35(20-13-7-3-8-14-20)29(39)33-27(24)36(22)30/h2-17,23,25H,31H2,1H3. The highest BCUT2D eigenvalue weighted by Gasteiger charge is 2.46. The van der Waals surface area contributed by atoms with Gasteiger partial charge in [0.2, 0.25) is 4.77 Å². The number of hydrogen-bond acceptors (Lipinski definition) is 8. The molecule has 1 aromatic heterocycles. The van der Waals surface area contributed by atoms with Gasteiger partial charge in [0, 0.05) is 11.1 Å². The van der Waals surface area contributed by atoms with Crippen molar-refractivity contribution in [2.24, 2.45) is 16.0 Å². The van der Waals surface area contributed by atoms with E-state index in [4.69, 9.17) is 27.9 Å². The van der Waals surface area contributed by atoms with Crippen LogP contribution in [-0.2, 0) is 4.79 Å². The monoisotopic (exact) mass is 561 g/mol. The maximum atomic E-state index is 13.8. The SMILES string of the molecule is CC1=NN(c2ccccc2)C(=O)C1C1=CSC2=NC(c3ccccc3)c3c(nc(=S)n(-c4ccccc4)c3N)N12. The molecule has 4 heterocycles. The second kappa shape index (κ2) is 9.58. The zero-order valence-corrected chi connectivity index (χ0v) is 23.0. The fourth-order valence-corrected chi connectivity index (χ4v) is 6.56. The number of aromatic nitrogens is 2. The molecule has 8 nitrogen and oxygen atoms in total. The number of thioether (sulfide) groups is 1. The second-order valence-electron chi connectivity index (χ2n) is 9.57. The first-order chi connectivity index (χ1) is 19.5. The third kappa shape index (κ3) is 3.79. The Morgan fingerprint density at radius 1 is 0.900 bits per heavy atom. The molecule has 0 fully saturated rings. The van der Waals surface area contributed by atoms with Gasteiger partial charge in [0.15, 0.2) is 11.0 Å². The molecule has 10 heteroatoms. The number of nitrogen functional groups attached to an aromatic ring is 1. The van der Waals surface area contributed by atoms with Crippen LogP contribution in [0.3, 0.4) is 0 Å². The molecule has 0 aliphatic carbocycles. The molecule has 0 radical (unpaired) electrons. The molecule has 40 heavy (non-hydrogen) atoms. The molecule has 196 valence electrons. The largest absolute Gasteiger partial charge is 0.384 e. The molecule has 0 spiro atoms. The molecular formula is C30H23N7OS2. The number of carbonyl (C=O) groups excluding carboxylic acids is 1. The van der Waals surface area contributed by atoms with Crippen LogP contribution in [-0.4, -0.2) is 26.3 Å². The topological polar surface area (TPSA) is 92.1 Å². The van der Waals surface area contributed by atoms with Gasteiger partial charge in [-0.25, -0.2) is 9.98 Å². The molecule has 3 aliphatic rings. The predicted octanol–water partition coefficient (Wildman–Crippen LogP) is 6.08. The fourth-order valence-electron chi connectivity index (χ4n) is 5.34. The Morgan fingerprint density at radius 3 is 2.20 bits per heavy atom. The van der Waals surface area contributed by atoms with Crippen LogP contribution in [0.25, 0.3) is 5.69 Å². The van der Waals surface area contributed by atoms with Crippen LogP contribution >= 0.6 is 24.0 Å². The minimum absolute atomic E-state index is 0.134. The first-order valence-corrected chi connectivity index (χ1v) is 14.0. The molecule has 0 bridgehead atoms. The van der Waals surface area contributed by atoms with Crippen LogP contribution in [0, 0.1) is 10.7 Å². The number of rotatable bonds is 4. The van der Waals surface area contributed by atoms with E-state index < -0.39 is 12.0 Å². The number of para-hydroxylation sites is 2. The molecule has 2 unspecified atom stereocenters. The fraction of sp³-hybridized carbons (Fsp3) is 0.100. The number of nitrogens with zero attached hydrogens (tertiary/aromatic N) is 6. The van der Waals surface area contributed by atoms with E-state index in [1.165, 1.54) is 16.8 Å². The van der Waals surface area contributed by atoms with Crippen molar-refractivity contribution in [3.63, 3.8) is 0 Å². The normalized spacial score (nSPS) is 19.6. The first kappa shape index (κ1) is 24.5. The third-order valence-corrected chi connectivity index (χ3v) is 8.30. The number of aliphatic imine (C=N–C) groups is 1. The van der Waals surface area contributed by atoms with Gasteiger partial charge in [0.25, 0.3) is 5.91 Å². The van der Waals surface area contributed by atoms with Crippen LogP contribution in [0.1, 0.15) is 24.1 Å². The Balaban J connectivity index is 1.38. The van der Waals surface area contributed by atoms with Crippen LogP contribution in [0.15, 0.2) is 112 Å². The van der Waals surface area contributed by atoms with Crippen molar-refractivity contribution in [1.29, 1.82) is 0 Å². The van der Waals surface area contributed by atoms with E-state index >= 15 is 0 Å². The van der Waals surface area contributed by atoms with Crippen molar-refractivity contribution in [2.45, 2.75) is 13.0 Å². The average molecular weight is 562 g/mol. The van der Waals surface area contributed by atoms with Crippen LogP contribution in [0.4, 0.5) is 17.3 Å². The number of anilines is 3. The molecular weight excluding hydrogens is 539 g/mol. The van der Waals surface area contributed by atoms with Crippen LogP contribution in [0.5, 0.6) is 0 Å². The van der Waals surface area contributed by atoms with Gasteiger partial charge in [-0.3, -0.25) is 14.3 Å². The number of benzene rings is 3. The smallest absolute Gasteiger partial charge is 0.262 e. The number of amides is 1. The number of amidine groups is 1. The second-order valence-corrected chi connectivity index (χ2v) is 10.8. The lowest BCUT2D eigenvalue weighted by atomic mass is 9.96. The molecule has 0 saturated carbocycles. The summed E-state index contributed by atoms with van der Waals surface area (Å²) in [4.78, 5) is 25.8. The van der Waals surface area contributed by atoms with Crippen LogP contribution in [0.2, 0.25) is 0 Å². The van der Waals surface area contributed by atoms with Gasteiger partial charge >= 0.3 is 0 Å². The van der Waals surface area contributed by atoms with E-state index in [0.29, 0.717) is 27.3 Å². The van der Waals surface area contributed by atoms with Gasteiger partial charge in [-0.2, -0.15) is 10.1 Å². The lowest BCUT2D eigenvalue weighted by Gasteiger charge is -2.34. The number of hydrazone groups is 1. The summed E-state index contributed by atoms with van der Waals surface area (Å²) in [6, 6.07) is 28.8. The quantitative estimate of drug-likeness (QED) is 0.304. The van der Waals surface area contributed by atoms with Crippen LogP contribution < -0.4 is 15.6 Å². The summed E-state index contributed by atoms with van der Waals surface area (Å²) in [5, 5.41) is 8.77. The Labute approximate surface area is 240 Å². The zero-order chi connectivity index (χ0) is 27.4. The van der Waals surface area contributed by atoms with Crippen molar-refractivity contribution < 1.29 is 4.79 Å². The van der Waals surface area contributed by atoms with Crippen molar-refractivity contribution >= 4 is 58.1 Å². The predicted molar refractivity (Wildman–Crippen MR) is 163 cm³/mol. The summed E-state index contributed by atoms with van der Waals surface area (Å²) in [7, 11) is 0. The van der Waals surface area contributed by atoms with Gasteiger partial charge < -0.3 is 5.73 Å². The van der Waals surface area contributed by atoms with Gasteiger partial charge in [-0.15, -0.1) is 0 Å². The minimum atomic E-state index is -0.598. The number of fused-ring (bicyclic) bond motifs is 3. The van der Waals surface area contributed by atoms with Gasteiger partial charge in [0.05, 0.1) is 22.7 Å². The number of hydrogen-bond donors (Lipinski definition) is 1. The highest BCUT2D eigenvalue weighted by molar-refractivity contribution is 8.17. The molecule has 4 aromatic rings. The van der Waals surface area contributed by atoms with Gasteiger partial charge in [-0.1, -0.05) is 78.5 Å². The molecule has 1 amide bonds. The van der Waals surface area contributed by atoms with Crippen molar-refractivity contribution in [3.8, 4) is 5.69 Å². The van der Waals surface area contributed by atoms with E-state index in [2.05, 4.69) is 5.10 Å². The highest BCUT2D eigenvalue weighted by Crippen LogP contribution is 2.48. The molecule has 7 rings (SSSR count). The summed E-state index contributed by atoms with van der Waals surface area (Å²) in [6.45, 7) is 1.87. The minimum Gasteiger partial charge on any atom is -0.384 e. The maximum absolute atomic E-state index is 13.8. The summed E-state index contributed by atoms with van der Waals surface area (Å²) >= 11 is 7.27. The summed E-state index contributed by atoms with van der Waals surface area (Å²) in [5.74, 6) is 0.316. The van der Waals surface area contributed by atoms with E-state index in [9.17, 15) is 4.79 Å². The molecule has 2 N–H and O–H groups in total. The Morgan fingerprint density at radius 2 is 1.52 bits per heavy atom. The molecule has 3 aromatic carbocycles. The Hall–Kier alpha value is -4.54. The Kier molecular flexibility index (Phi) is 5.87. The van der Waals surface area contributed by atoms with Gasteiger partial charge in [0.1, 0.15) is 17.8 Å². The van der Waals surface area contributed by atoms with E-state index in [0.717, 1.165) is 28.2 Å². The van der Waals surface area contributed by atoms with Gasteiger partial charge in [-0.05, 0) is 49.0 Å². The summed E-state index contributed by atoms with van der Waals surface area (Å²) in [5.41, 5.74) is 11.6. The molecule has 0 saturated heterocycles. The third-order valence-electron chi connectivity index (χ3n) is 7.17. The van der Waals surface area contributed by atoms with E-state index in [1.54, 1.807) is 4.57 Å². The van der Waals surface area contributed by atoms with Crippen molar-refractivity contribution in [1.82, 2.24) is 9.55 Å². The molecule has 3 aliphatic heterocycles. The zero-order valence-electron chi connectivity index (χ0n) is 21.4. The maximum Gasteiger partial charge on any atom is 0.262 e. The Bertz CT molecular complexity index is 1800. The average Bonchev–Trinajstić information content (AvgIpc) is 3.53. The van der Waals surface area contributed by atoms with Crippen molar-refractivity contribution in [2.75, 3.05) is 15.6 Å². The highest BCUT2D eigenvalue weighted by atomic mass is 32.2. The summed E-state index contributed by atoms with van der Waals surface area (Å²) < 4.78 is 2.10. The van der Waals surface area contributed by atoms with Crippen molar-refractivity contribution in [3.05, 3.63) is 118 Å². The lowest BCUT2D eigenvalue weighted by molar-refractivity contribution is -0.119. The molecule has 2 atom stereocenters. The first-order valence-electron chi connectivity index (χ1n) is 12.7. The number of nitrogens with two attached hydrogens (primary N) is 1. The number of carbonyl (C=O) groups is 1. The lowest BCUT2D eigenvalue weighted by Crippen LogP contribution is -2.39. The van der Waals surface area contributed by atoms with E-state index in [1.807, 2.05) is 108 Å². The van der Waals surface area contributed by atoms with E-state index in [-0.39, 0.29) is 5.91 Å². The summed E-state index contributed by atoms with van der Waals surface area (Å²) in [6.07, 6.45) is 0.